The van der Waals surface area contributed by atoms with Crippen molar-refractivity contribution in [3.8, 4) is 0 Å². The maximum Gasteiger partial charge on any atom is 0.317 e. The van der Waals surface area contributed by atoms with E-state index in [1.807, 2.05) is 9.80 Å². The van der Waals surface area contributed by atoms with Crippen LogP contribution in [0.5, 0.6) is 0 Å². The van der Waals surface area contributed by atoms with Crippen LogP contribution < -0.4 is 11.1 Å². The van der Waals surface area contributed by atoms with Gasteiger partial charge in [0, 0.05) is 43.5 Å². The molecule has 3 N–H and O–H groups in total. The molecule has 1 aromatic rings. The predicted octanol–water partition coefficient (Wildman–Crippen LogP) is 0.899. The van der Waals surface area contributed by atoms with Gasteiger partial charge in [-0.2, -0.15) is 0 Å². The number of carbonyl (C=O) groups is 2. The zero-order valence-corrected chi connectivity index (χ0v) is 11.9. The molecular weight excluding hydrogens is 268 g/mol. The number of benzene rings is 1. The molecule has 0 saturated carbocycles. The van der Waals surface area contributed by atoms with Gasteiger partial charge in [0.15, 0.2) is 0 Å². The van der Waals surface area contributed by atoms with Crippen LogP contribution in [0.4, 0.5) is 10.5 Å². The lowest BCUT2D eigenvalue weighted by Gasteiger charge is -2.36. The Labute approximate surface area is 123 Å². The van der Waals surface area contributed by atoms with Gasteiger partial charge in [0.2, 0.25) is 0 Å². The highest BCUT2D eigenvalue weighted by Gasteiger charge is 2.31. The van der Waals surface area contributed by atoms with E-state index in [0.717, 1.165) is 25.9 Å². The second-order valence-corrected chi connectivity index (χ2v) is 5.57. The summed E-state index contributed by atoms with van der Waals surface area (Å²) in [6.07, 6.45) is 1.68. The van der Waals surface area contributed by atoms with E-state index in [-0.39, 0.29) is 18.0 Å². The molecule has 21 heavy (non-hydrogen) atoms. The van der Waals surface area contributed by atoms with Gasteiger partial charge < -0.3 is 20.9 Å². The molecule has 2 fully saturated rings. The van der Waals surface area contributed by atoms with Crippen LogP contribution in [-0.4, -0.2) is 54.0 Å². The van der Waals surface area contributed by atoms with Crippen molar-refractivity contribution in [2.75, 3.05) is 31.9 Å². The molecule has 6 heteroatoms. The molecule has 1 aromatic carbocycles. The summed E-state index contributed by atoms with van der Waals surface area (Å²) in [6, 6.07) is 7.29. The van der Waals surface area contributed by atoms with Gasteiger partial charge in [0.05, 0.1) is 0 Å². The monoisotopic (exact) mass is 288 g/mol. The number of hydrogen-bond donors (Lipinski definition) is 2. The van der Waals surface area contributed by atoms with Gasteiger partial charge in [-0.05, 0) is 37.1 Å². The Morgan fingerprint density at radius 2 is 1.81 bits per heavy atom. The van der Waals surface area contributed by atoms with Crippen LogP contribution in [0.3, 0.4) is 0 Å². The summed E-state index contributed by atoms with van der Waals surface area (Å²) in [4.78, 5) is 27.8. The number of urea groups is 1. The summed E-state index contributed by atoms with van der Waals surface area (Å²) < 4.78 is 0. The SMILES string of the molecule is Nc1ccc(C(=O)N2CCC(N3CCNC3=O)CC2)cc1. The third-order valence-corrected chi connectivity index (χ3v) is 4.24. The molecule has 2 aliphatic rings. The highest BCUT2D eigenvalue weighted by atomic mass is 16.2. The van der Waals surface area contributed by atoms with Crippen molar-refractivity contribution in [1.82, 2.24) is 15.1 Å². The number of likely N-dealkylation sites (tertiary alicyclic amines) is 1. The van der Waals surface area contributed by atoms with Crippen molar-refractivity contribution in [3.63, 3.8) is 0 Å². The van der Waals surface area contributed by atoms with Gasteiger partial charge in [0.1, 0.15) is 0 Å². The summed E-state index contributed by atoms with van der Waals surface area (Å²) >= 11 is 0. The number of rotatable bonds is 2. The summed E-state index contributed by atoms with van der Waals surface area (Å²) in [5.74, 6) is 0.0410. The van der Waals surface area contributed by atoms with Crippen molar-refractivity contribution in [2.24, 2.45) is 0 Å². The Bertz CT molecular complexity index is 535. The lowest BCUT2D eigenvalue weighted by atomic mass is 10.0. The van der Waals surface area contributed by atoms with Crippen molar-refractivity contribution in [2.45, 2.75) is 18.9 Å². The Morgan fingerprint density at radius 3 is 2.38 bits per heavy atom. The lowest BCUT2D eigenvalue weighted by molar-refractivity contribution is 0.0666. The summed E-state index contributed by atoms with van der Waals surface area (Å²) in [6.45, 7) is 2.88. The number of piperidine rings is 1. The van der Waals surface area contributed by atoms with Crippen LogP contribution >= 0.6 is 0 Å². The third kappa shape index (κ3) is 2.79. The number of carbonyl (C=O) groups excluding carboxylic acids is 2. The molecule has 0 aromatic heterocycles. The molecule has 0 unspecified atom stereocenters. The normalized spacial score (nSPS) is 19.7. The minimum atomic E-state index is 0.0262. The van der Waals surface area contributed by atoms with Crippen LogP contribution in [0.15, 0.2) is 24.3 Å². The number of nitrogens with zero attached hydrogens (tertiary/aromatic N) is 2. The standard InChI is InChI=1S/C15H20N4O2/c16-12-3-1-11(2-4-12)14(20)18-8-5-13(6-9-18)19-10-7-17-15(19)21/h1-4,13H,5-10,16H2,(H,17,21). The van der Waals surface area contributed by atoms with E-state index >= 15 is 0 Å². The second-order valence-electron chi connectivity index (χ2n) is 5.57. The van der Waals surface area contributed by atoms with Crippen molar-refractivity contribution in [3.05, 3.63) is 29.8 Å². The molecule has 0 aliphatic carbocycles. The average Bonchev–Trinajstić information content (AvgIpc) is 2.94. The average molecular weight is 288 g/mol. The first-order valence-electron chi connectivity index (χ1n) is 7.34. The number of nitrogens with one attached hydrogen (secondary N) is 1. The van der Waals surface area contributed by atoms with Gasteiger partial charge in [-0.25, -0.2) is 4.79 Å². The van der Waals surface area contributed by atoms with E-state index < -0.39 is 0 Å². The molecule has 2 aliphatic heterocycles. The predicted molar refractivity (Wildman–Crippen MR) is 79.9 cm³/mol. The van der Waals surface area contributed by atoms with Crippen molar-refractivity contribution < 1.29 is 9.59 Å². The minimum Gasteiger partial charge on any atom is -0.399 e. The zero-order chi connectivity index (χ0) is 14.8. The molecule has 3 amide bonds. The van der Waals surface area contributed by atoms with E-state index in [4.69, 9.17) is 5.73 Å². The molecule has 6 nitrogen and oxygen atoms in total. The molecule has 2 heterocycles. The van der Waals surface area contributed by atoms with Crippen LogP contribution in [0, 0.1) is 0 Å². The quantitative estimate of drug-likeness (QED) is 0.794. The molecule has 112 valence electrons. The van der Waals surface area contributed by atoms with E-state index in [0.29, 0.717) is 24.3 Å². The largest absolute Gasteiger partial charge is 0.399 e. The Balaban J connectivity index is 1.59. The summed E-state index contributed by atoms with van der Waals surface area (Å²) in [7, 11) is 0. The number of hydrogen-bond acceptors (Lipinski definition) is 3. The lowest BCUT2D eigenvalue weighted by Crippen LogP contribution is -2.47. The fourth-order valence-electron chi connectivity index (χ4n) is 3.02. The van der Waals surface area contributed by atoms with Crippen molar-refractivity contribution >= 4 is 17.6 Å². The zero-order valence-electron chi connectivity index (χ0n) is 11.9. The van der Waals surface area contributed by atoms with E-state index in [2.05, 4.69) is 5.32 Å². The van der Waals surface area contributed by atoms with Gasteiger partial charge >= 0.3 is 6.03 Å². The van der Waals surface area contributed by atoms with Gasteiger partial charge in [-0.3, -0.25) is 4.79 Å². The second kappa shape index (κ2) is 5.63. The van der Waals surface area contributed by atoms with Crippen molar-refractivity contribution in [1.29, 1.82) is 0 Å². The fourth-order valence-corrected chi connectivity index (χ4v) is 3.02. The maximum atomic E-state index is 12.4. The molecule has 0 bridgehead atoms. The van der Waals surface area contributed by atoms with E-state index in [1.54, 1.807) is 24.3 Å². The van der Waals surface area contributed by atoms with Gasteiger partial charge in [-0.15, -0.1) is 0 Å². The van der Waals surface area contributed by atoms with Gasteiger partial charge in [-0.1, -0.05) is 0 Å². The van der Waals surface area contributed by atoms with E-state index in [9.17, 15) is 9.59 Å². The molecule has 3 rings (SSSR count). The summed E-state index contributed by atoms with van der Waals surface area (Å²) in [5.41, 5.74) is 6.96. The van der Waals surface area contributed by atoms with Crippen LogP contribution in [0.25, 0.3) is 0 Å². The molecule has 0 atom stereocenters. The highest BCUT2D eigenvalue weighted by molar-refractivity contribution is 5.94. The Hall–Kier alpha value is -2.24. The molecular formula is C15H20N4O2. The fraction of sp³-hybridized carbons (Fsp3) is 0.467. The number of amides is 3. The Morgan fingerprint density at radius 1 is 1.14 bits per heavy atom. The first-order chi connectivity index (χ1) is 10.1. The minimum absolute atomic E-state index is 0.0262. The number of nitrogens with two attached hydrogens (primary N) is 1. The number of nitrogen functional groups attached to an aromatic ring is 1. The topological polar surface area (TPSA) is 78.7 Å². The maximum absolute atomic E-state index is 12.4. The molecule has 0 spiro atoms. The first kappa shape index (κ1) is 13.7. The van der Waals surface area contributed by atoms with Crippen LogP contribution in [0.2, 0.25) is 0 Å². The summed E-state index contributed by atoms with van der Waals surface area (Å²) in [5, 5.41) is 2.83. The van der Waals surface area contributed by atoms with Crippen LogP contribution in [-0.2, 0) is 0 Å². The molecule has 0 radical (unpaired) electrons. The van der Waals surface area contributed by atoms with E-state index in [1.165, 1.54) is 0 Å². The van der Waals surface area contributed by atoms with Gasteiger partial charge in [0.25, 0.3) is 5.91 Å². The highest BCUT2D eigenvalue weighted by Crippen LogP contribution is 2.20. The molecule has 2 saturated heterocycles. The Kier molecular flexibility index (Phi) is 3.68. The number of anilines is 1. The smallest absolute Gasteiger partial charge is 0.317 e. The van der Waals surface area contributed by atoms with Crippen LogP contribution in [0.1, 0.15) is 23.2 Å². The third-order valence-electron chi connectivity index (χ3n) is 4.24. The first-order valence-corrected chi connectivity index (χ1v) is 7.34.